The maximum Gasteiger partial charge on any atom is 0.136 e. The van der Waals surface area contributed by atoms with E-state index >= 15 is 0 Å². The first-order valence-electron chi connectivity index (χ1n) is 16.7. The van der Waals surface area contributed by atoms with Crippen molar-refractivity contribution in [3.63, 3.8) is 0 Å². The number of nitrogens with zero attached hydrogens (tertiary/aromatic N) is 2. The zero-order valence-electron chi connectivity index (χ0n) is 26.6. The molecule has 4 nitrogen and oxygen atoms in total. The van der Waals surface area contributed by atoms with Crippen molar-refractivity contribution < 1.29 is 8.83 Å². The maximum absolute atomic E-state index is 6.28. The molecule has 0 bridgehead atoms. The average molecular weight is 659 g/mol. The number of fused-ring (bicyclic) bond motifs is 9. The van der Waals surface area contributed by atoms with Gasteiger partial charge in [0, 0.05) is 44.2 Å². The average Bonchev–Trinajstić information content (AvgIpc) is 3.86. The lowest BCUT2D eigenvalue weighted by atomic mass is 10.0. The minimum absolute atomic E-state index is 0.892. The molecule has 0 saturated heterocycles. The summed E-state index contributed by atoms with van der Waals surface area (Å²) in [5, 5.41) is 10.1. The van der Waals surface area contributed by atoms with Crippen molar-refractivity contribution in [3.8, 4) is 10.6 Å². The third-order valence-corrected chi connectivity index (χ3v) is 10.9. The molecule has 0 aliphatic carbocycles. The summed E-state index contributed by atoms with van der Waals surface area (Å²) in [4.78, 5) is 7.24. The van der Waals surface area contributed by atoms with Crippen LogP contribution in [0.15, 0.2) is 167 Å². The highest BCUT2D eigenvalue weighted by molar-refractivity contribution is 7.21. The van der Waals surface area contributed by atoms with Crippen molar-refractivity contribution in [1.82, 2.24) is 4.98 Å². The SMILES string of the molecule is c1ccc2sc(-c3ccc(N(c4ccc5cc6c(cc5c4)oc4ccccc46)c4ccc5cc6c(cc5c4)oc4ccccc46)cc3)nc2c1. The van der Waals surface area contributed by atoms with Gasteiger partial charge in [-0.3, -0.25) is 0 Å². The van der Waals surface area contributed by atoms with Crippen LogP contribution in [0.2, 0.25) is 0 Å². The Morgan fingerprint density at radius 3 is 1.56 bits per heavy atom. The number of rotatable bonds is 4. The molecule has 50 heavy (non-hydrogen) atoms. The number of hydrogen-bond donors (Lipinski definition) is 0. The maximum atomic E-state index is 6.28. The Balaban J connectivity index is 1.08. The molecule has 11 aromatic rings. The first-order valence-corrected chi connectivity index (χ1v) is 17.5. The lowest BCUT2D eigenvalue weighted by Gasteiger charge is -2.26. The monoisotopic (exact) mass is 658 g/mol. The van der Waals surface area contributed by atoms with Crippen LogP contribution >= 0.6 is 11.3 Å². The summed E-state index contributed by atoms with van der Waals surface area (Å²) in [7, 11) is 0. The van der Waals surface area contributed by atoms with Crippen LogP contribution in [-0.4, -0.2) is 4.98 Å². The van der Waals surface area contributed by atoms with E-state index in [1.165, 1.54) is 15.5 Å². The van der Waals surface area contributed by atoms with Crippen molar-refractivity contribution in [2.24, 2.45) is 0 Å². The fourth-order valence-corrected chi connectivity index (χ4v) is 8.36. The van der Waals surface area contributed by atoms with Gasteiger partial charge in [0.15, 0.2) is 0 Å². The van der Waals surface area contributed by atoms with Gasteiger partial charge in [-0.1, -0.05) is 60.7 Å². The lowest BCUT2D eigenvalue weighted by Crippen LogP contribution is -2.09. The largest absolute Gasteiger partial charge is 0.456 e. The highest BCUT2D eigenvalue weighted by Crippen LogP contribution is 2.41. The molecule has 0 atom stereocenters. The number of anilines is 3. The van der Waals surface area contributed by atoms with Crippen LogP contribution in [0.3, 0.4) is 0 Å². The van der Waals surface area contributed by atoms with Gasteiger partial charge in [0.2, 0.25) is 0 Å². The Kier molecular flexibility index (Phi) is 5.80. The van der Waals surface area contributed by atoms with Gasteiger partial charge in [0.05, 0.1) is 10.2 Å². The molecule has 0 fully saturated rings. The second-order valence-corrected chi connectivity index (χ2v) is 13.9. The van der Waals surface area contributed by atoms with E-state index in [1.807, 2.05) is 30.3 Å². The van der Waals surface area contributed by atoms with Crippen LogP contribution in [0.25, 0.3) is 86.2 Å². The number of aromatic nitrogens is 1. The highest BCUT2D eigenvalue weighted by atomic mass is 32.1. The Bertz CT molecular complexity index is 2930. The van der Waals surface area contributed by atoms with Crippen molar-refractivity contribution >= 4 is 104 Å². The van der Waals surface area contributed by atoms with Crippen LogP contribution in [0, 0.1) is 0 Å². The third kappa shape index (κ3) is 4.27. The Labute approximate surface area is 290 Å². The summed E-state index contributed by atoms with van der Waals surface area (Å²) in [6, 6.07) is 55.7. The van der Waals surface area contributed by atoms with Crippen LogP contribution in [0.5, 0.6) is 0 Å². The Morgan fingerprint density at radius 1 is 0.420 bits per heavy atom. The molecular weight excluding hydrogens is 633 g/mol. The highest BCUT2D eigenvalue weighted by Gasteiger charge is 2.17. The minimum atomic E-state index is 0.892. The molecule has 11 rings (SSSR count). The van der Waals surface area contributed by atoms with Crippen LogP contribution in [0.4, 0.5) is 17.1 Å². The van der Waals surface area contributed by atoms with Gasteiger partial charge < -0.3 is 13.7 Å². The summed E-state index contributed by atoms with van der Waals surface area (Å²) in [5.74, 6) is 0. The van der Waals surface area contributed by atoms with Crippen molar-refractivity contribution in [2.45, 2.75) is 0 Å². The normalized spacial score (nSPS) is 12.0. The van der Waals surface area contributed by atoms with E-state index in [0.29, 0.717) is 0 Å². The Morgan fingerprint density at radius 2 is 0.960 bits per heavy atom. The molecule has 3 heterocycles. The number of thiazole rings is 1. The van der Waals surface area contributed by atoms with E-state index in [-0.39, 0.29) is 0 Å². The fourth-order valence-electron chi connectivity index (χ4n) is 7.39. The summed E-state index contributed by atoms with van der Waals surface area (Å²) in [5.41, 5.74) is 8.91. The van der Waals surface area contributed by atoms with Gasteiger partial charge in [-0.05, 0) is 119 Å². The van der Waals surface area contributed by atoms with E-state index < -0.39 is 0 Å². The predicted molar refractivity (Wildman–Crippen MR) is 209 cm³/mol. The van der Waals surface area contributed by atoms with E-state index in [4.69, 9.17) is 13.8 Å². The lowest BCUT2D eigenvalue weighted by molar-refractivity contribution is 0.669. The number of furan rings is 2. The molecule has 0 aliphatic rings. The topological polar surface area (TPSA) is 42.4 Å². The molecule has 0 spiro atoms. The third-order valence-electron chi connectivity index (χ3n) is 9.82. The standard InChI is InChI=1S/C45H26N2O2S/c1-4-10-40-35(7-1)37-23-28-15-19-33(21-30(28)25-42(37)48-40)47(32-17-13-27(14-18-32)45-46-39-9-3-6-12-44(39)50-45)34-20-16-29-24-38-36-8-2-5-11-41(36)49-43(38)26-31(29)22-34/h1-26H. The number of para-hydroxylation sites is 3. The molecule has 8 aromatic carbocycles. The quantitative estimate of drug-likeness (QED) is 0.189. The van der Waals surface area contributed by atoms with Gasteiger partial charge in [0.1, 0.15) is 27.3 Å². The first-order chi connectivity index (χ1) is 24.7. The van der Waals surface area contributed by atoms with Crippen LogP contribution in [-0.2, 0) is 0 Å². The zero-order valence-corrected chi connectivity index (χ0v) is 27.4. The summed E-state index contributed by atoms with van der Waals surface area (Å²) in [6.45, 7) is 0. The zero-order chi connectivity index (χ0) is 32.8. The van der Waals surface area contributed by atoms with E-state index in [0.717, 1.165) is 87.8 Å². The smallest absolute Gasteiger partial charge is 0.136 e. The molecule has 0 N–H and O–H groups in total. The van der Waals surface area contributed by atoms with Gasteiger partial charge in [-0.15, -0.1) is 11.3 Å². The predicted octanol–water partition coefficient (Wildman–Crippen LogP) is 13.5. The van der Waals surface area contributed by atoms with Crippen molar-refractivity contribution in [2.75, 3.05) is 4.90 Å². The first kappa shape index (κ1) is 27.5. The fraction of sp³-hybridized carbons (Fsp3) is 0. The van der Waals surface area contributed by atoms with Gasteiger partial charge in [-0.2, -0.15) is 0 Å². The number of benzene rings is 8. The van der Waals surface area contributed by atoms with E-state index in [1.54, 1.807) is 11.3 Å². The van der Waals surface area contributed by atoms with Gasteiger partial charge in [0.25, 0.3) is 0 Å². The molecule has 0 radical (unpaired) electrons. The molecule has 234 valence electrons. The van der Waals surface area contributed by atoms with E-state index in [2.05, 4.69) is 132 Å². The summed E-state index contributed by atoms with van der Waals surface area (Å²) in [6.07, 6.45) is 0. The number of hydrogen-bond acceptors (Lipinski definition) is 5. The summed E-state index contributed by atoms with van der Waals surface area (Å²) < 4.78 is 13.8. The molecule has 0 saturated carbocycles. The Hall–Kier alpha value is -6.43. The van der Waals surface area contributed by atoms with Crippen molar-refractivity contribution in [3.05, 3.63) is 158 Å². The molecule has 3 aromatic heterocycles. The van der Waals surface area contributed by atoms with Crippen LogP contribution < -0.4 is 4.90 Å². The molecule has 0 amide bonds. The second-order valence-electron chi connectivity index (χ2n) is 12.8. The molecule has 0 aliphatic heterocycles. The van der Waals surface area contributed by atoms with E-state index in [9.17, 15) is 0 Å². The van der Waals surface area contributed by atoms with Crippen molar-refractivity contribution in [1.29, 1.82) is 0 Å². The molecule has 0 unspecified atom stereocenters. The molecular formula is C45H26N2O2S. The second kappa shape index (κ2) is 10.5. The van der Waals surface area contributed by atoms with Gasteiger partial charge >= 0.3 is 0 Å². The van der Waals surface area contributed by atoms with Gasteiger partial charge in [-0.25, -0.2) is 4.98 Å². The van der Waals surface area contributed by atoms with Crippen LogP contribution in [0.1, 0.15) is 0 Å². The minimum Gasteiger partial charge on any atom is -0.456 e. The molecule has 5 heteroatoms. The summed E-state index contributed by atoms with van der Waals surface area (Å²) >= 11 is 1.72.